The quantitative estimate of drug-likeness (QED) is 0.489. The van der Waals surface area contributed by atoms with Crippen molar-refractivity contribution in [2.45, 2.75) is 38.0 Å². The minimum Gasteiger partial charge on any atom is -0.355 e. The van der Waals surface area contributed by atoms with Crippen molar-refractivity contribution in [1.29, 1.82) is 0 Å². The van der Waals surface area contributed by atoms with Gasteiger partial charge in [-0.05, 0) is 55.9 Å². The van der Waals surface area contributed by atoms with Gasteiger partial charge in [0.1, 0.15) is 0 Å². The van der Waals surface area contributed by atoms with Gasteiger partial charge < -0.3 is 5.32 Å². The van der Waals surface area contributed by atoms with E-state index in [1.54, 1.807) is 11.8 Å². The number of thioether (sulfide) groups is 1. The third-order valence-corrected chi connectivity index (χ3v) is 4.73. The molecule has 108 valence electrons. The van der Waals surface area contributed by atoms with E-state index < -0.39 is 0 Å². The van der Waals surface area contributed by atoms with Gasteiger partial charge in [-0.15, -0.1) is 11.8 Å². The first-order valence-corrected chi connectivity index (χ1v) is 8.27. The second-order valence-electron chi connectivity index (χ2n) is 5.41. The molecule has 1 aliphatic rings. The first-order valence-electron chi connectivity index (χ1n) is 7.28. The highest BCUT2D eigenvalue weighted by Gasteiger charge is 2.13. The summed E-state index contributed by atoms with van der Waals surface area (Å²) in [4.78, 5) is 13.0. The summed E-state index contributed by atoms with van der Waals surface area (Å²) in [5.41, 5.74) is 2.65. The Hall–Kier alpha value is -1.22. The number of hydrogen-bond acceptors (Lipinski definition) is 2. The summed E-state index contributed by atoms with van der Waals surface area (Å²) < 4.78 is 0. The molecular weight excluding hydrogens is 266 g/mol. The standard InChI is InChI=1S/C17H23NOS/c1-13-7-8-16(11-14(13)2)20-10-9-18-17(19)12-15-5-3-4-6-15/h3,5,7-8,11,15H,4,6,9-10,12H2,1-2H3,(H,18,19)/t15-/m1/s1. The molecule has 20 heavy (non-hydrogen) atoms. The molecule has 0 aromatic heterocycles. The van der Waals surface area contributed by atoms with Crippen LogP contribution in [0.1, 0.15) is 30.4 Å². The summed E-state index contributed by atoms with van der Waals surface area (Å²) in [5, 5.41) is 3.01. The van der Waals surface area contributed by atoms with Crippen molar-refractivity contribution in [1.82, 2.24) is 5.32 Å². The molecule has 0 fully saturated rings. The van der Waals surface area contributed by atoms with Crippen LogP contribution in [0, 0.1) is 19.8 Å². The topological polar surface area (TPSA) is 29.1 Å². The summed E-state index contributed by atoms with van der Waals surface area (Å²) in [6.45, 7) is 5.00. The van der Waals surface area contributed by atoms with Crippen LogP contribution in [0.5, 0.6) is 0 Å². The van der Waals surface area contributed by atoms with E-state index in [2.05, 4.69) is 49.5 Å². The van der Waals surface area contributed by atoms with Crippen molar-refractivity contribution >= 4 is 17.7 Å². The van der Waals surface area contributed by atoms with Crippen LogP contribution in [0.25, 0.3) is 0 Å². The molecule has 0 saturated heterocycles. The van der Waals surface area contributed by atoms with Crippen molar-refractivity contribution in [2.75, 3.05) is 12.3 Å². The number of rotatable bonds is 6. The van der Waals surface area contributed by atoms with Gasteiger partial charge in [0.05, 0.1) is 0 Å². The Morgan fingerprint density at radius 3 is 2.90 bits per heavy atom. The van der Waals surface area contributed by atoms with E-state index in [9.17, 15) is 4.79 Å². The number of hydrogen-bond donors (Lipinski definition) is 1. The molecule has 0 spiro atoms. The van der Waals surface area contributed by atoms with E-state index in [0.29, 0.717) is 12.3 Å². The van der Waals surface area contributed by atoms with E-state index >= 15 is 0 Å². The maximum absolute atomic E-state index is 11.8. The van der Waals surface area contributed by atoms with Crippen molar-refractivity contribution in [2.24, 2.45) is 5.92 Å². The maximum Gasteiger partial charge on any atom is 0.220 e. The fourth-order valence-corrected chi connectivity index (χ4v) is 3.20. The summed E-state index contributed by atoms with van der Waals surface area (Å²) >= 11 is 1.80. The number of carbonyl (C=O) groups excluding carboxylic acids is 1. The van der Waals surface area contributed by atoms with Gasteiger partial charge in [0.15, 0.2) is 0 Å². The highest BCUT2D eigenvalue weighted by molar-refractivity contribution is 7.99. The average molecular weight is 289 g/mol. The Morgan fingerprint density at radius 1 is 1.35 bits per heavy atom. The maximum atomic E-state index is 11.8. The lowest BCUT2D eigenvalue weighted by Crippen LogP contribution is -2.27. The number of allylic oxidation sites excluding steroid dienone is 2. The minimum atomic E-state index is 0.183. The molecule has 0 unspecified atom stereocenters. The Kier molecular flexibility index (Phi) is 5.72. The van der Waals surface area contributed by atoms with Gasteiger partial charge in [-0.2, -0.15) is 0 Å². The van der Waals surface area contributed by atoms with E-state index in [-0.39, 0.29) is 5.91 Å². The van der Waals surface area contributed by atoms with E-state index in [1.807, 2.05) is 0 Å². The van der Waals surface area contributed by atoms with Gasteiger partial charge in [-0.25, -0.2) is 0 Å². The summed E-state index contributed by atoms with van der Waals surface area (Å²) in [7, 11) is 0. The molecule has 3 heteroatoms. The van der Waals surface area contributed by atoms with Crippen LogP contribution in [-0.4, -0.2) is 18.2 Å². The zero-order chi connectivity index (χ0) is 14.4. The van der Waals surface area contributed by atoms with Gasteiger partial charge >= 0.3 is 0 Å². The summed E-state index contributed by atoms with van der Waals surface area (Å²) in [6.07, 6.45) is 7.24. The number of amides is 1. The summed E-state index contributed by atoms with van der Waals surface area (Å²) in [5.74, 6) is 1.57. The Bertz CT molecular complexity index is 496. The monoisotopic (exact) mass is 289 g/mol. The van der Waals surface area contributed by atoms with Crippen LogP contribution in [0.3, 0.4) is 0 Å². The molecule has 0 radical (unpaired) electrons. The largest absolute Gasteiger partial charge is 0.355 e. The highest BCUT2D eigenvalue weighted by atomic mass is 32.2. The predicted octanol–water partition coefficient (Wildman–Crippen LogP) is 3.87. The Morgan fingerprint density at radius 2 is 2.20 bits per heavy atom. The average Bonchev–Trinajstić information content (AvgIpc) is 2.91. The molecule has 0 saturated carbocycles. The van der Waals surface area contributed by atoms with Crippen LogP contribution in [0.2, 0.25) is 0 Å². The normalized spacial score (nSPS) is 17.4. The van der Waals surface area contributed by atoms with Crippen LogP contribution >= 0.6 is 11.8 Å². The molecule has 2 rings (SSSR count). The number of benzene rings is 1. The van der Waals surface area contributed by atoms with Gasteiger partial charge in [-0.3, -0.25) is 4.79 Å². The lowest BCUT2D eigenvalue weighted by Gasteiger charge is -2.09. The molecular formula is C17H23NOS. The molecule has 2 nitrogen and oxygen atoms in total. The molecule has 1 amide bonds. The van der Waals surface area contributed by atoms with E-state index in [1.165, 1.54) is 16.0 Å². The van der Waals surface area contributed by atoms with E-state index in [0.717, 1.165) is 25.1 Å². The van der Waals surface area contributed by atoms with Gasteiger partial charge in [0.25, 0.3) is 0 Å². The van der Waals surface area contributed by atoms with Crippen molar-refractivity contribution in [3.05, 3.63) is 41.5 Å². The first-order chi connectivity index (χ1) is 9.65. The lowest BCUT2D eigenvalue weighted by molar-refractivity contribution is -0.121. The second kappa shape index (κ2) is 7.53. The predicted molar refractivity (Wildman–Crippen MR) is 86.1 cm³/mol. The van der Waals surface area contributed by atoms with Gasteiger partial charge in [0, 0.05) is 23.6 Å². The fourth-order valence-electron chi connectivity index (χ4n) is 2.34. The number of aryl methyl sites for hydroxylation is 2. The van der Waals surface area contributed by atoms with Crippen LogP contribution < -0.4 is 5.32 Å². The molecule has 1 N–H and O–H groups in total. The SMILES string of the molecule is Cc1ccc(SCCNC(=O)C[C@@H]2C=CCC2)cc1C. The molecule has 1 atom stereocenters. The zero-order valence-corrected chi connectivity index (χ0v) is 13.1. The first kappa shape index (κ1) is 15.2. The third kappa shape index (κ3) is 4.71. The number of carbonyl (C=O) groups is 1. The Labute approximate surface area is 126 Å². The van der Waals surface area contributed by atoms with Crippen LogP contribution in [-0.2, 0) is 4.79 Å². The number of nitrogens with one attached hydrogen (secondary N) is 1. The zero-order valence-electron chi connectivity index (χ0n) is 12.3. The molecule has 0 bridgehead atoms. The molecule has 0 heterocycles. The second-order valence-corrected chi connectivity index (χ2v) is 6.58. The molecule has 1 aromatic rings. The van der Waals surface area contributed by atoms with Crippen LogP contribution in [0.4, 0.5) is 0 Å². The van der Waals surface area contributed by atoms with Crippen molar-refractivity contribution in [3.63, 3.8) is 0 Å². The summed E-state index contributed by atoms with van der Waals surface area (Å²) in [6, 6.07) is 6.52. The molecule has 1 aliphatic carbocycles. The highest BCUT2D eigenvalue weighted by Crippen LogP contribution is 2.21. The van der Waals surface area contributed by atoms with Gasteiger partial charge in [-0.1, -0.05) is 18.2 Å². The molecule has 1 aromatic carbocycles. The van der Waals surface area contributed by atoms with Gasteiger partial charge in [0.2, 0.25) is 5.91 Å². The van der Waals surface area contributed by atoms with Crippen molar-refractivity contribution in [3.8, 4) is 0 Å². The third-order valence-electron chi connectivity index (χ3n) is 3.73. The van der Waals surface area contributed by atoms with Crippen LogP contribution in [0.15, 0.2) is 35.2 Å². The Balaban J connectivity index is 1.64. The minimum absolute atomic E-state index is 0.183. The lowest BCUT2D eigenvalue weighted by atomic mass is 10.1. The van der Waals surface area contributed by atoms with Crippen molar-refractivity contribution < 1.29 is 4.79 Å². The smallest absolute Gasteiger partial charge is 0.220 e. The van der Waals surface area contributed by atoms with E-state index in [4.69, 9.17) is 0 Å². The fraction of sp³-hybridized carbons (Fsp3) is 0.471. The molecule has 0 aliphatic heterocycles.